The zero-order valence-corrected chi connectivity index (χ0v) is 8.27. The highest BCUT2D eigenvalue weighted by Crippen LogP contribution is 2.17. The highest BCUT2D eigenvalue weighted by molar-refractivity contribution is 6.17. The van der Waals surface area contributed by atoms with E-state index in [0.717, 1.165) is 0 Å². The zero-order valence-electron chi connectivity index (χ0n) is 8.27. The molecule has 1 atom stereocenters. The van der Waals surface area contributed by atoms with Crippen LogP contribution in [0.5, 0.6) is 0 Å². The minimum Gasteiger partial charge on any atom is -0.479 e. The molecule has 3 heteroatoms. The van der Waals surface area contributed by atoms with Crippen molar-refractivity contribution in [2.75, 3.05) is 0 Å². The number of benzene rings is 1. The molecule has 76 valence electrons. The van der Waals surface area contributed by atoms with Gasteiger partial charge in [-0.3, -0.25) is 9.59 Å². The van der Waals surface area contributed by atoms with E-state index in [0.29, 0.717) is 11.3 Å². The molecule has 0 saturated heterocycles. The molecule has 1 heterocycles. The van der Waals surface area contributed by atoms with E-state index in [4.69, 9.17) is 4.74 Å². The first kappa shape index (κ1) is 9.65. The fraction of sp³-hybridized carbons (Fsp3) is 0.167. The van der Waals surface area contributed by atoms with Crippen molar-refractivity contribution in [3.8, 4) is 0 Å². The van der Waals surface area contributed by atoms with Gasteiger partial charge in [-0.1, -0.05) is 30.3 Å². The molecule has 0 fully saturated rings. The summed E-state index contributed by atoms with van der Waals surface area (Å²) in [4.78, 5) is 23.2. The van der Waals surface area contributed by atoms with E-state index in [2.05, 4.69) is 0 Å². The number of ether oxygens (including phenoxy) is 1. The van der Waals surface area contributed by atoms with Gasteiger partial charge in [-0.2, -0.15) is 0 Å². The van der Waals surface area contributed by atoms with E-state index in [-0.39, 0.29) is 11.6 Å². The van der Waals surface area contributed by atoms with Crippen LogP contribution in [0, 0.1) is 0 Å². The molecular formula is C12H10O3. The van der Waals surface area contributed by atoms with Crippen molar-refractivity contribution >= 4 is 11.6 Å². The Morgan fingerprint density at radius 1 is 1.27 bits per heavy atom. The van der Waals surface area contributed by atoms with Crippen LogP contribution in [-0.2, 0) is 9.53 Å². The molecule has 3 nitrogen and oxygen atoms in total. The molecule has 0 amide bonds. The van der Waals surface area contributed by atoms with Gasteiger partial charge in [0.05, 0.1) is 5.76 Å². The Labute approximate surface area is 87.4 Å². The Kier molecular flexibility index (Phi) is 2.37. The van der Waals surface area contributed by atoms with Gasteiger partial charge in [0.2, 0.25) is 17.7 Å². The molecule has 1 aromatic rings. The number of Topliss-reactive ketones (excluding diaryl/α,β-unsaturated/α-hetero) is 1. The molecule has 15 heavy (non-hydrogen) atoms. The number of rotatable bonds is 2. The molecule has 0 radical (unpaired) electrons. The first-order valence-corrected chi connectivity index (χ1v) is 4.66. The summed E-state index contributed by atoms with van der Waals surface area (Å²) < 4.78 is 5.15. The standard InChI is InChI=1S/C12H10O3/c1-8-7-10(13)12(15-8)11(14)9-5-3-2-4-6-9/h2-7,12H,1H3. The SMILES string of the molecule is CC1=CC(=O)C(C(=O)c2ccccc2)O1. The van der Waals surface area contributed by atoms with Gasteiger partial charge in [-0.05, 0) is 6.92 Å². The monoisotopic (exact) mass is 202 g/mol. The van der Waals surface area contributed by atoms with Gasteiger partial charge in [0, 0.05) is 11.6 Å². The minimum atomic E-state index is -0.979. The molecule has 2 rings (SSSR count). The summed E-state index contributed by atoms with van der Waals surface area (Å²) >= 11 is 0. The summed E-state index contributed by atoms with van der Waals surface area (Å²) in [6, 6.07) is 8.68. The van der Waals surface area contributed by atoms with Crippen molar-refractivity contribution in [2.24, 2.45) is 0 Å². The summed E-state index contributed by atoms with van der Waals surface area (Å²) in [7, 11) is 0. The van der Waals surface area contributed by atoms with Gasteiger partial charge in [-0.15, -0.1) is 0 Å². The maximum absolute atomic E-state index is 11.8. The molecule has 1 aromatic carbocycles. The third-order valence-electron chi connectivity index (χ3n) is 2.20. The van der Waals surface area contributed by atoms with Crippen molar-refractivity contribution in [1.29, 1.82) is 0 Å². The van der Waals surface area contributed by atoms with Gasteiger partial charge in [0.1, 0.15) is 0 Å². The lowest BCUT2D eigenvalue weighted by Crippen LogP contribution is -2.27. The normalized spacial score (nSPS) is 19.7. The van der Waals surface area contributed by atoms with Gasteiger partial charge in [0.25, 0.3) is 0 Å². The number of allylic oxidation sites excluding steroid dienone is 1. The van der Waals surface area contributed by atoms with Crippen LogP contribution >= 0.6 is 0 Å². The number of carbonyl (C=O) groups is 2. The van der Waals surface area contributed by atoms with E-state index in [9.17, 15) is 9.59 Å². The Bertz CT molecular complexity index is 431. The quantitative estimate of drug-likeness (QED) is 0.542. The van der Waals surface area contributed by atoms with Gasteiger partial charge >= 0.3 is 0 Å². The van der Waals surface area contributed by atoms with Crippen molar-refractivity contribution in [1.82, 2.24) is 0 Å². The van der Waals surface area contributed by atoms with E-state index in [1.807, 2.05) is 6.07 Å². The van der Waals surface area contributed by atoms with Crippen LogP contribution in [0.3, 0.4) is 0 Å². The molecule has 1 unspecified atom stereocenters. The summed E-state index contributed by atoms with van der Waals surface area (Å²) in [5, 5.41) is 0. The molecule has 1 aliphatic heterocycles. The van der Waals surface area contributed by atoms with Crippen LogP contribution in [0.25, 0.3) is 0 Å². The summed E-state index contributed by atoms with van der Waals surface area (Å²) in [6.07, 6.45) is 0.373. The molecule has 1 aliphatic rings. The first-order chi connectivity index (χ1) is 7.18. The van der Waals surface area contributed by atoms with E-state index in [1.54, 1.807) is 31.2 Å². The minimum absolute atomic E-state index is 0.277. The second kappa shape index (κ2) is 3.69. The highest BCUT2D eigenvalue weighted by atomic mass is 16.5. The number of hydrogen-bond acceptors (Lipinski definition) is 3. The van der Waals surface area contributed by atoms with E-state index < -0.39 is 6.10 Å². The van der Waals surface area contributed by atoms with Crippen molar-refractivity contribution < 1.29 is 14.3 Å². The van der Waals surface area contributed by atoms with Crippen LogP contribution in [0.1, 0.15) is 17.3 Å². The number of carbonyl (C=O) groups excluding carboxylic acids is 2. The van der Waals surface area contributed by atoms with Gasteiger partial charge < -0.3 is 4.74 Å². The lowest BCUT2D eigenvalue weighted by atomic mass is 10.0. The van der Waals surface area contributed by atoms with Crippen LogP contribution in [-0.4, -0.2) is 17.7 Å². The maximum atomic E-state index is 11.8. The zero-order chi connectivity index (χ0) is 10.8. The fourth-order valence-electron chi connectivity index (χ4n) is 1.49. The van der Waals surface area contributed by atoms with Crippen LogP contribution in [0.15, 0.2) is 42.2 Å². The Morgan fingerprint density at radius 2 is 1.93 bits per heavy atom. The summed E-state index contributed by atoms with van der Waals surface area (Å²) in [5.41, 5.74) is 0.499. The predicted octanol–water partition coefficient (Wildman–Crippen LogP) is 1.74. The number of ketones is 2. The molecule has 0 aromatic heterocycles. The van der Waals surface area contributed by atoms with Crippen molar-refractivity contribution in [3.05, 3.63) is 47.7 Å². The molecule has 0 aliphatic carbocycles. The maximum Gasteiger partial charge on any atom is 0.222 e. The van der Waals surface area contributed by atoms with E-state index in [1.165, 1.54) is 6.08 Å². The Balaban J connectivity index is 2.21. The topological polar surface area (TPSA) is 43.4 Å². The number of hydrogen-bond donors (Lipinski definition) is 0. The third-order valence-corrected chi connectivity index (χ3v) is 2.20. The molecule has 0 bridgehead atoms. The average molecular weight is 202 g/mol. The first-order valence-electron chi connectivity index (χ1n) is 4.66. The van der Waals surface area contributed by atoms with Crippen LogP contribution in [0.2, 0.25) is 0 Å². The van der Waals surface area contributed by atoms with Crippen molar-refractivity contribution in [2.45, 2.75) is 13.0 Å². The lowest BCUT2D eigenvalue weighted by Gasteiger charge is -2.08. The molecular weight excluding hydrogens is 192 g/mol. The van der Waals surface area contributed by atoms with Crippen molar-refractivity contribution in [3.63, 3.8) is 0 Å². The average Bonchev–Trinajstić information content (AvgIpc) is 2.58. The third kappa shape index (κ3) is 1.81. The van der Waals surface area contributed by atoms with Gasteiger partial charge in [-0.25, -0.2) is 0 Å². The van der Waals surface area contributed by atoms with Crippen LogP contribution < -0.4 is 0 Å². The fourth-order valence-corrected chi connectivity index (χ4v) is 1.49. The lowest BCUT2D eigenvalue weighted by molar-refractivity contribution is -0.118. The largest absolute Gasteiger partial charge is 0.479 e. The van der Waals surface area contributed by atoms with Crippen LogP contribution in [0.4, 0.5) is 0 Å². The van der Waals surface area contributed by atoms with E-state index >= 15 is 0 Å². The second-order valence-electron chi connectivity index (χ2n) is 3.39. The molecule has 0 spiro atoms. The second-order valence-corrected chi connectivity index (χ2v) is 3.39. The summed E-state index contributed by atoms with van der Waals surface area (Å²) in [5.74, 6) is -0.0654. The summed E-state index contributed by atoms with van der Waals surface area (Å²) in [6.45, 7) is 1.66. The Morgan fingerprint density at radius 3 is 2.47 bits per heavy atom. The smallest absolute Gasteiger partial charge is 0.222 e. The molecule has 0 saturated carbocycles. The van der Waals surface area contributed by atoms with Gasteiger partial charge in [0.15, 0.2) is 0 Å². The Hall–Kier alpha value is -1.90. The predicted molar refractivity (Wildman–Crippen MR) is 54.4 cm³/mol. The highest BCUT2D eigenvalue weighted by Gasteiger charge is 2.32. The molecule has 0 N–H and O–H groups in total.